The maximum atomic E-state index is 13.7. The molecule has 1 aromatic rings. The summed E-state index contributed by atoms with van der Waals surface area (Å²) in [5.41, 5.74) is 1.12. The van der Waals surface area contributed by atoms with E-state index in [-0.39, 0.29) is 23.9 Å². The summed E-state index contributed by atoms with van der Waals surface area (Å²) in [5.74, 6) is 0.184. The highest BCUT2D eigenvalue weighted by atomic mass is 16.3. The molecule has 9 nitrogen and oxygen atoms in total. The van der Waals surface area contributed by atoms with Gasteiger partial charge in [-0.05, 0) is 83.7 Å². The number of carbonyl (C=O) groups excluding carboxylic acids is 2. The quantitative estimate of drug-likeness (QED) is 0.0806. The molecule has 1 aromatic carbocycles. The van der Waals surface area contributed by atoms with Crippen molar-refractivity contribution in [1.82, 2.24) is 25.3 Å². The summed E-state index contributed by atoms with van der Waals surface area (Å²) in [4.78, 5) is 32.3. The number of carbonyl (C=O) groups is 2. The Kier molecular flexibility index (Phi) is 21.7. The first kappa shape index (κ1) is 43.8. The van der Waals surface area contributed by atoms with Gasteiger partial charge in [-0.25, -0.2) is 9.59 Å². The van der Waals surface area contributed by atoms with Crippen LogP contribution in [-0.4, -0.2) is 94.6 Å². The van der Waals surface area contributed by atoms with Crippen molar-refractivity contribution in [2.75, 3.05) is 39.8 Å². The fourth-order valence-electron chi connectivity index (χ4n) is 5.93. The summed E-state index contributed by atoms with van der Waals surface area (Å²) < 4.78 is 0. The molecule has 50 heavy (non-hydrogen) atoms. The third kappa shape index (κ3) is 15.5. The maximum Gasteiger partial charge on any atom is 0.317 e. The lowest BCUT2D eigenvalue weighted by Crippen LogP contribution is -2.65. The first-order valence-corrected chi connectivity index (χ1v) is 17.9. The molecule has 2 atom stereocenters. The standard InChI is InChI=1S/C31H49N5O4.C8H12.C2H2/c1-4-6-19-31(28(38)34(3)5-2,24-25-13-15-27(37)16-14-25)33-30(40)35-22-17-26(18-23-35)36-21-12-10-8-7-9-11-20-32-29(36)39;1-4-5-6-7-8(2)3;1-2/h8-11,13-16,26,28,37-38H,4-7,12,17-24H2,1-3H3,(H,32,39)(H,33,40);4-7H,2H2,1,3H3;1-2H/b10-8-,11-9-;5-4-,7-6-;. The average molecular weight is 690 g/mol. The number of benzene rings is 1. The number of nitrogens with zero attached hydrogens (tertiary/aromatic N) is 3. The lowest BCUT2D eigenvalue weighted by Gasteiger charge is -2.45. The van der Waals surface area contributed by atoms with Gasteiger partial charge in [-0.1, -0.05) is 99.6 Å². The topological polar surface area (TPSA) is 108 Å². The Bertz CT molecular complexity index is 1280. The van der Waals surface area contributed by atoms with Crippen LogP contribution >= 0.6 is 0 Å². The number of amides is 4. The van der Waals surface area contributed by atoms with Crippen LogP contribution in [0.15, 0.2) is 85.0 Å². The number of rotatable bonds is 12. The first-order valence-electron chi connectivity index (χ1n) is 17.9. The van der Waals surface area contributed by atoms with E-state index in [4.69, 9.17) is 0 Å². The van der Waals surface area contributed by atoms with Gasteiger partial charge in [0.05, 0.1) is 5.54 Å². The zero-order valence-corrected chi connectivity index (χ0v) is 31.2. The van der Waals surface area contributed by atoms with E-state index in [9.17, 15) is 19.8 Å². The molecule has 2 heterocycles. The molecular weight excluding hydrogens is 626 g/mol. The normalized spacial score (nSPS) is 18.8. The van der Waals surface area contributed by atoms with E-state index in [2.05, 4.69) is 55.2 Å². The Morgan fingerprint density at radius 1 is 1.12 bits per heavy atom. The fraction of sp³-hybridized carbons (Fsp3) is 0.512. The highest BCUT2D eigenvalue weighted by Gasteiger charge is 2.42. The Morgan fingerprint density at radius 2 is 1.78 bits per heavy atom. The Morgan fingerprint density at radius 3 is 2.38 bits per heavy atom. The summed E-state index contributed by atoms with van der Waals surface area (Å²) in [6, 6.07) is 6.80. The molecule has 3 rings (SSSR count). The Labute approximate surface area is 302 Å². The number of unbranched alkanes of at least 4 members (excludes halogenated alkanes) is 1. The molecule has 2 aliphatic heterocycles. The number of nitrogens with one attached hydrogen (secondary N) is 2. The van der Waals surface area contributed by atoms with E-state index in [0.717, 1.165) is 36.8 Å². The molecule has 276 valence electrons. The van der Waals surface area contributed by atoms with E-state index in [0.29, 0.717) is 58.4 Å². The summed E-state index contributed by atoms with van der Waals surface area (Å²) in [6.07, 6.45) is 29.3. The number of phenolic OH excluding ortho intramolecular Hbond substituents is 1. The number of piperidine rings is 1. The number of likely N-dealkylation sites (N-methyl/N-ethyl adjacent to an activating group) is 1. The molecule has 4 amide bonds. The average Bonchev–Trinajstić information content (AvgIpc) is 3.17. The lowest BCUT2D eigenvalue weighted by atomic mass is 9.83. The molecule has 0 radical (unpaired) electrons. The number of hydrogen-bond donors (Lipinski definition) is 4. The number of hydrogen-bond acceptors (Lipinski definition) is 5. The van der Waals surface area contributed by atoms with Crippen molar-refractivity contribution < 1.29 is 19.8 Å². The van der Waals surface area contributed by atoms with Crippen LogP contribution in [-0.2, 0) is 6.42 Å². The minimum Gasteiger partial charge on any atom is -0.508 e. The van der Waals surface area contributed by atoms with Crippen LogP contribution < -0.4 is 10.6 Å². The van der Waals surface area contributed by atoms with Gasteiger partial charge in [0, 0.05) is 32.2 Å². The summed E-state index contributed by atoms with van der Waals surface area (Å²) in [7, 11) is 1.87. The SMILES string of the molecule is C#C.C=C(C)/C=C\C=C/C.CCCCC(Cc1ccc(O)cc1)(NC(=O)N1CCC(N2CC/C=C\C/C=C\CNC2=O)CC1)C(O)N(C)CC. The van der Waals surface area contributed by atoms with Crippen LogP contribution in [0.5, 0.6) is 5.75 Å². The van der Waals surface area contributed by atoms with Gasteiger partial charge in [-0.2, -0.15) is 0 Å². The number of aromatic hydroxyl groups is 1. The fourth-order valence-corrected chi connectivity index (χ4v) is 5.93. The van der Waals surface area contributed by atoms with Crippen molar-refractivity contribution in [3.8, 4) is 18.6 Å². The molecule has 1 saturated heterocycles. The first-order chi connectivity index (χ1) is 24.1. The van der Waals surface area contributed by atoms with Crippen LogP contribution in [0.25, 0.3) is 0 Å². The van der Waals surface area contributed by atoms with Crippen molar-refractivity contribution >= 4 is 12.1 Å². The van der Waals surface area contributed by atoms with Gasteiger partial charge < -0.3 is 30.6 Å². The molecule has 0 saturated carbocycles. The largest absolute Gasteiger partial charge is 0.508 e. The Balaban J connectivity index is 0.00000110. The number of terminal acetylenes is 1. The second-order valence-corrected chi connectivity index (χ2v) is 12.8. The van der Waals surface area contributed by atoms with Crippen LogP contribution in [0.2, 0.25) is 0 Å². The van der Waals surface area contributed by atoms with Crippen molar-refractivity contribution in [3.63, 3.8) is 0 Å². The zero-order chi connectivity index (χ0) is 37.4. The van der Waals surface area contributed by atoms with E-state index >= 15 is 0 Å². The highest BCUT2D eigenvalue weighted by molar-refractivity contribution is 5.76. The van der Waals surface area contributed by atoms with Crippen LogP contribution in [0.3, 0.4) is 0 Å². The Hall–Kier alpha value is -4.26. The number of likely N-dealkylation sites (tertiary alicyclic amines) is 1. The molecule has 0 aromatic heterocycles. The molecular formula is C41H63N5O4. The van der Waals surface area contributed by atoms with Crippen LogP contribution in [0.1, 0.15) is 78.2 Å². The molecule has 0 spiro atoms. The van der Waals surface area contributed by atoms with Gasteiger partial charge in [-0.3, -0.25) is 4.90 Å². The second kappa shape index (κ2) is 24.8. The van der Waals surface area contributed by atoms with E-state index in [1.165, 1.54) is 0 Å². The lowest BCUT2D eigenvalue weighted by molar-refractivity contribution is -0.0531. The molecule has 9 heteroatoms. The van der Waals surface area contributed by atoms with E-state index in [1.807, 2.05) is 85.0 Å². The van der Waals surface area contributed by atoms with Gasteiger partial charge in [-0.15, -0.1) is 12.8 Å². The molecule has 0 aliphatic carbocycles. The molecule has 1 fully saturated rings. The second-order valence-electron chi connectivity index (χ2n) is 12.8. The number of aliphatic hydroxyl groups is 1. The minimum atomic E-state index is -0.899. The smallest absolute Gasteiger partial charge is 0.317 e. The van der Waals surface area contributed by atoms with E-state index < -0.39 is 11.8 Å². The van der Waals surface area contributed by atoms with Crippen molar-refractivity contribution in [1.29, 1.82) is 0 Å². The van der Waals surface area contributed by atoms with Gasteiger partial charge in [0.1, 0.15) is 12.0 Å². The van der Waals surface area contributed by atoms with Crippen molar-refractivity contribution in [2.24, 2.45) is 0 Å². The molecule has 2 aliphatic rings. The monoisotopic (exact) mass is 689 g/mol. The number of aliphatic hydroxyl groups excluding tert-OH is 1. The predicted molar refractivity (Wildman–Crippen MR) is 208 cm³/mol. The summed E-state index contributed by atoms with van der Waals surface area (Å²) in [5, 5.41) is 27.6. The van der Waals surface area contributed by atoms with Crippen LogP contribution in [0.4, 0.5) is 9.59 Å². The summed E-state index contributed by atoms with van der Waals surface area (Å²) in [6.45, 7) is 14.6. The third-order valence-corrected chi connectivity index (χ3v) is 8.85. The zero-order valence-electron chi connectivity index (χ0n) is 31.2. The highest BCUT2D eigenvalue weighted by Crippen LogP contribution is 2.28. The van der Waals surface area contributed by atoms with Crippen LogP contribution in [0, 0.1) is 12.8 Å². The van der Waals surface area contributed by atoms with Gasteiger partial charge in [0.15, 0.2) is 0 Å². The van der Waals surface area contributed by atoms with Gasteiger partial charge in [0.25, 0.3) is 0 Å². The summed E-state index contributed by atoms with van der Waals surface area (Å²) >= 11 is 0. The minimum absolute atomic E-state index is 0.0546. The van der Waals surface area contributed by atoms with Crippen molar-refractivity contribution in [3.05, 3.63) is 90.6 Å². The third-order valence-electron chi connectivity index (χ3n) is 8.85. The number of phenols is 1. The predicted octanol–water partition coefficient (Wildman–Crippen LogP) is 7.17. The van der Waals surface area contributed by atoms with Crippen molar-refractivity contribution in [2.45, 2.75) is 96.9 Å². The number of urea groups is 2. The van der Waals surface area contributed by atoms with Gasteiger partial charge >= 0.3 is 12.1 Å². The molecule has 0 bridgehead atoms. The van der Waals surface area contributed by atoms with Gasteiger partial charge in [0.2, 0.25) is 0 Å². The van der Waals surface area contributed by atoms with E-state index in [1.54, 1.807) is 12.1 Å². The molecule has 4 N–H and O–H groups in total. The maximum absolute atomic E-state index is 13.7. The molecule has 2 unspecified atom stereocenters. The number of allylic oxidation sites excluding steroid dienone is 7.